The molecule has 7 nitrogen and oxygen atoms in total. The summed E-state index contributed by atoms with van der Waals surface area (Å²) in [6.07, 6.45) is 5.18. The number of hydrogen-bond donors (Lipinski definition) is 1. The number of anilines is 1. The van der Waals surface area contributed by atoms with Crippen LogP contribution in [0.1, 0.15) is 29.8 Å². The third-order valence-corrected chi connectivity index (χ3v) is 5.87. The zero-order chi connectivity index (χ0) is 21.1. The van der Waals surface area contributed by atoms with Crippen LogP contribution in [0.25, 0.3) is 5.82 Å². The highest BCUT2D eigenvalue weighted by Gasteiger charge is 2.37. The fraction of sp³-hybridized carbons (Fsp3) is 0.409. The Labute approximate surface area is 181 Å². The number of aryl methyl sites for hydroxylation is 2. The van der Waals surface area contributed by atoms with Crippen molar-refractivity contribution in [3.8, 4) is 11.6 Å². The molecule has 1 fully saturated rings. The predicted molar refractivity (Wildman–Crippen MR) is 117 cm³/mol. The van der Waals surface area contributed by atoms with Gasteiger partial charge in [0.25, 0.3) is 0 Å². The monoisotopic (exact) mass is 427 g/mol. The second kappa shape index (κ2) is 8.62. The summed E-state index contributed by atoms with van der Waals surface area (Å²) < 4.78 is 13.1. The van der Waals surface area contributed by atoms with Gasteiger partial charge in [-0.2, -0.15) is 5.10 Å². The van der Waals surface area contributed by atoms with E-state index in [-0.39, 0.29) is 5.41 Å². The number of aromatic nitrogens is 4. The van der Waals surface area contributed by atoms with Crippen LogP contribution in [-0.4, -0.2) is 46.6 Å². The van der Waals surface area contributed by atoms with Crippen molar-refractivity contribution in [2.45, 2.75) is 32.1 Å². The second-order valence-corrected chi connectivity index (χ2v) is 8.13. The molecular weight excluding hydrogens is 402 g/mol. The van der Waals surface area contributed by atoms with Crippen molar-refractivity contribution in [3.05, 3.63) is 58.6 Å². The van der Waals surface area contributed by atoms with Crippen LogP contribution < -0.4 is 10.1 Å². The fourth-order valence-corrected chi connectivity index (χ4v) is 4.23. The molecule has 3 heterocycles. The summed E-state index contributed by atoms with van der Waals surface area (Å²) >= 11 is 6.34. The first-order chi connectivity index (χ1) is 14.5. The molecule has 3 aromatic rings. The molecule has 4 rings (SSSR count). The minimum atomic E-state index is -0.176. The van der Waals surface area contributed by atoms with E-state index in [0.717, 1.165) is 35.5 Å². The summed E-state index contributed by atoms with van der Waals surface area (Å²) in [7, 11) is 1.69. The first kappa shape index (κ1) is 20.6. The van der Waals surface area contributed by atoms with Gasteiger partial charge in [0.1, 0.15) is 11.6 Å². The summed E-state index contributed by atoms with van der Waals surface area (Å²) in [5.41, 5.74) is 2.88. The molecule has 2 aromatic heterocycles. The summed E-state index contributed by atoms with van der Waals surface area (Å²) in [5.74, 6) is 2.23. The lowest BCUT2D eigenvalue weighted by Crippen LogP contribution is -2.40. The number of benzene rings is 1. The maximum absolute atomic E-state index is 6.34. The van der Waals surface area contributed by atoms with Crippen molar-refractivity contribution >= 4 is 17.4 Å². The summed E-state index contributed by atoms with van der Waals surface area (Å²) in [6.45, 7) is 6.02. The van der Waals surface area contributed by atoms with Gasteiger partial charge in [-0.25, -0.2) is 9.67 Å². The Balaban J connectivity index is 1.62. The first-order valence-electron chi connectivity index (χ1n) is 10.0. The van der Waals surface area contributed by atoms with Gasteiger partial charge in [-0.1, -0.05) is 11.6 Å². The van der Waals surface area contributed by atoms with E-state index in [1.807, 2.05) is 38.1 Å². The van der Waals surface area contributed by atoms with Crippen molar-refractivity contribution in [2.24, 2.45) is 0 Å². The molecule has 1 aliphatic heterocycles. The van der Waals surface area contributed by atoms with Crippen LogP contribution in [0.4, 0.5) is 5.82 Å². The highest BCUT2D eigenvalue weighted by atomic mass is 35.5. The summed E-state index contributed by atoms with van der Waals surface area (Å²) in [6, 6.07) is 7.81. The number of nitrogens with one attached hydrogen (secondary N) is 1. The molecule has 30 heavy (non-hydrogen) atoms. The van der Waals surface area contributed by atoms with E-state index in [0.29, 0.717) is 36.4 Å². The quantitative estimate of drug-likeness (QED) is 0.638. The standard InChI is InChI=1S/C22H26ClN5O2/c1-15-10-16(2)28(27-15)21-13-24-12-20(26-21)25-14-22(6-8-30-9-7-22)18-11-17(23)4-5-19(18)29-3/h4-5,10-13H,6-9,14H2,1-3H3,(H,25,26). The topological polar surface area (TPSA) is 74.1 Å². The summed E-state index contributed by atoms with van der Waals surface area (Å²) in [5, 5.41) is 8.69. The molecule has 0 atom stereocenters. The van der Waals surface area contributed by atoms with E-state index in [9.17, 15) is 0 Å². The smallest absolute Gasteiger partial charge is 0.174 e. The minimum absolute atomic E-state index is 0.176. The third-order valence-electron chi connectivity index (χ3n) is 5.64. The van der Waals surface area contributed by atoms with Crippen molar-refractivity contribution < 1.29 is 9.47 Å². The van der Waals surface area contributed by atoms with Gasteiger partial charge in [0.2, 0.25) is 0 Å². The average molecular weight is 428 g/mol. The van der Waals surface area contributed by atoms with E-state index in [1.165, 1.54) is 0 Å². The highest BCUT2D eigenvalue weighted by molar-refractivity contribution is 6.30. The Kier molecular flexibility index (Phi) is 5.92. The Morgan fingerprint density at radius 1 is 1.20 bits per heavy atom. The summed E-state index contributed by atoms with van der Waals surface area (Å²) in [4.78, 5) is 9.09. The van der Waals surface area contributed by atoms with E-state index in [4.69, 9.17) is 26.1 Å². The Bertz CT molecular complexity index is 1030. The van der Waals surface area contributed by atoms with Gasteiger partial charge in [-0.15, -0.1) is 0 Å². The van der Waals surface area contributed by atoms with Crippen LogP contribution in [0, 0.1) is 13.8 Å². The maximum Gasteiger partial charge on any atom is 0.174 e. The third kappa shape index (κ3) is 4.13. The lowest BCUT2D eigenvalue weighted by molar-refractivity contribution is 0.0535. The van der Waals surface area contributed by atoms with E-state index < -0.39 is 0 Å². The molecule has 0 saturated carbocycles. The number of nitrogens with zero attached hydrogens (tertiary/aromatic N) is 4. The van der Waals surface area contributed by atoms with Gasteiger partial charge in [-0.3, -0.25) is 4.98 Å². The van der Waals surface area contributed by atoms with Crippen LogP contribution in [0.2, 0.25) is 5.02 Å². The van der Waals surface area contributed by atoms with Crippen LogP contribution in [-0.2, 0) is 10.2 Å². The van der Waals surface area contributed by atoms with Crippen LogP contribution in [0.15, 0.2) is 36.7 Å². The Hall–Kier alpha value is -2.64. The molecule has 0 bridgehead atoms. The number of rotatable bonds is 6. The van der Waals surface area contributed by atoms with Gasteiger partial charge in [0, 0.05) is 41.5 Å². The van der Waals surface area contributed by atoms with E-state index in [2.05, 4.69) is 15.4 Å². The first-order valence-corrected chi connectivity index (χ1v) is 10.4. The zero-order valence-corrected chi connectivity index (χ0v) is 18.2. The molecule has 158 valence electrons. The second-order valence-electron chi connectivity index (χ2n) is 7.69. The molecule has 0 aliphatic carbocycles. The van der Waals surface area contributed by atoms with E-state index >= 15 is 0 Å². The lowest BCUT2D eigenvalue weighted by Gasteiger charge is -2.38. The largest absolute Gasteiger partial charge is 0.496 e. The average Bonchev–Trinajstić information content (AvgIpc) is 3.11. The molecule has 1 aromatic carbocycles. The molecule has 1 saturated heterocycles. The van der Waals surface area contributed by atoms with Crippen molar-refractivity contribution in [3.63, 3.8) is 0 Å². The van der Waals surface area contributed by atoms with Gasteiger partial charge in [-0.05, 0) is 51.0 Å². The molecule has 0 amide bonds. The van der Waals surface area contributed by atoms with Gasteiger partial charge < -0.3 is 14.8 Å². The molecule has 0 radical (unpaired) electrons. The van der Waals surface area contributed by atoms with Crippen LogP contribution in [0.3, 0.4) is 0 Å². The SMILES string of the molecule is COc1ccc(Cl)cc1C1(CNc2cncc(-n3nc(C)cc3C)n2)CCOCC1. The minimum Gasteiger partial charge on any atom is -0.496 e. The maximum atomic E-state index is 6.34. The molecule has 8 heteroatoms. The number of ether oxygens (including phenoxy) is 2. The van der Waals surface area contributed by atoms with Crippen molar-refractivity contribution in [2.75, 3.05) is 32.2 Å². The molecular formula is C22H26ClN5O2. The number of halogens is 1. The Morgan fingerprint density at radius 3 is 2.70 bits per heavy atom. The van der Waals surface area contributed by atoms with Crippen molar-refractivity contribution in [1.82, 2.24) is 19.7 Å². The molecule has 0 unspecified atom stereocenters. The Morgan fingerprint density at radius 2 is 2.00 bits per heavy atom. The predicted octanol–water partition coefficient (Wildman–Crippen LogP) is 4.10. The lowest BCUT2D eigenvalue weighted by atomic mass is 9.73. The zero-order valence-electron chi connectivity index (χ0n) is 17.5. The number of methoxy groups -OCH3 is 1. The molecule has 0 spiro atoms. The number of hydrogen-bond acceptors (Lipinski definition) is 6. The van der Waals surface area contributed by atoms with Gasteiger partial charge >= 0.3 is 0 Å². The van der Waals surface area contributed by atoms with Crippen LogP contribution >= 0.6 is 11.6 Å². The van der Waals surface area contributed by atoms with Gasteiger partial charge in [0.05, 0.1) is 25.2 Å². The van der Waals surface area contributed by atoms with Crippen molar-refractivity contribution in [1.29, 1.82) is 0 Å². The molecule has 1 aliphatic rings. The fourth-order valence-electron chi connectivity index (χ4n) is 4.06. The normalized spacial score (nSPS) is 15.7. The highest BCUT2D eigenvalue weighted by Crippen LogP contribution is 2.41. The van der Waals surface area contributed by atoms with Crippen LogP contribution in [0.5, 0.6) is 5.75 Å². The van der Waals surface area contributed by atoms with E-state index in [1.54, 1.807) is 24.2 Å². The molecule has 1 N–H and O–H groups in total. The van der Waals surface area contributed by atoms with Gasteiger partial charge in [0.15, 0.2) is 5.82 Å².